The van der Waals surface area contributed by atoms with Crippen molar-refractivity contribution in [1.82, 2.24) is 4.90 Å². The number of carbonyl (C=O) groups excluding carboxylic acids is 1. The number of fused-ring (bicyclic) bond motifs is 1. The molecular formula is C16H19F3N2O. The maximum absolute atomic E-state index is 12.6. The SMILES string of the molecule is NC1CCCC2CN(C(=O)c3ccc(C(F)(F)F)cc3)CC12. The maximum Gasteiger partial charge on any atom is 0.416 e. The zero-order valence-electron chi connectivity index (χ0n) is 12.1. The topological polar surface area (TPSA) is 46.3 Å². The van der Waals surface area contributed by atoms with Crippen LogP contribution >= 0.6 is 0 Å². The normalized spacial score (nSPS) is 28.5. The van der Waals surface area contributed by atoms with Gasteiger partial charge in [0, 0.05) is 24.7 Å². The molecule has 1 aromatic rings. The van der Waals surface area contributed by atoms with E-state index < -0.39 is 11.7 Å². The van der Waals surface area contributed by atoms with Gasteiger partial charge in [0.05, 0.1) is 5.56 Å². The molecule has 1 aromatic carbocycles. The molecule has 3 atom stereocenters. The third-order valence-electron chi connectivity index (χ3n) is 4.90. The number of nitrogens with two attached hydrogens (primary N) is 1. The van der Waals surface area contributed by atoms with Crippen LogP contribution in [-0.4, -0.2) is 29.9 Å². The van der Waals surface area contributed by atoms with Crippen molar-refractivity contribution in [1.29, 1.82) is 0 Å². The Kier molecular flexibility index (Phi) is 3.89. The lowest BCUT2D eigenvalue weighted by Gasteiger charge is -2.29. The van der Waals surface area contributed by atoms with Gasteiger partial charge in [0.25, 0.3) is 5.91 Å². The lowest BCUT2D eigenvalue weighted by molar-refractivity contribution is -0.137. The van der Waals surface area contributed by atoms with Gasteiger partial charge in [0.1, 0.15) is 0 Å². The highest BCUT2D eigenvalue weighted by atomic mass is 19.4. The number of nitrogens with zero attached hydrogens (tertiary/aromatic N) is 1. The van der Waals surface area contributed by atoms with E-state index in [1.807, 2.05) is 0 Å². The van der Waals surface area contributed by atoms with Crippen LogP contribution in [0.1, 0.15) is 35.2 Å². The molecule has 0 aromatic heterocycles. The minimum atomic E-state index is -4.38. The molecule has 1 aliphatic carbocycles. The smallest absolute Gasteiger partial charge is 0.338 e. The van der Waals surface area contributed by atoms with Crippen LogP contribution in [0.15, 0.2) is 24.3 Å². The first-order valence-electron chi connectivity index (χ1n) is 7.58. The van der Waals surface area contributed by atoms with Crippen LogP contribution in [0.25, 0.3) is 0 Å². The number of amides is 1. The molecule has 1 saturated carbocycles. The average molecular weight is 312 g/mol. The molecule has 1 aliphatic heterocycles. The minimum Gasteiger partial charge on any atom is -0.338 e. The maximum atomic E-state index is 12.6. The van der Waals surface area contributed by atoms with Crippen LogP contribution in [0.5, 0.6) is 0 Å². The molecule has 0 spiro atoms. The van der Waals surface area contributed by atoms with Gasteiger partial charge < -0.3 is 10.6 Å². The predicted octanol–water partition coefficient (Wildman–Crippen LogP) is 2.90. The number of rotatable bonds is 1. The average Bonchev–Trinajstić information content (AvgIpc) is 2.91. The summed E-state index contributed by atoms with van der Waals surface area (Å²) in [7, 11) is 0. The molecule has 6 heteroatoms. The summed E-state index contributed by atoms with van der Waals surface area (Å²) in [5.41, 5.74) is 5.70. The summed E-state index contributed by atoms with van der Waals surface area (Å²) in [6.45, 7) is 1.28. The summed E-state index contributed by atoms with van der Waals surface area (Å²) in [5, 5.41) is 0. The largest absolute Gasteiger partial charge is 0.416 e. The summed E-state index contributed by atoms with van der Waals surface area (Å²) in [5.74, 6) is 0.560. The van der Waals surface area contributed by atoms with Gasteiger partial charge in [-0.2, -0.15) is 13.2 Å². The molecule has 1 amide bonds. The summed E-state index contributed by atoms with van der Waals surface area (Å²) in [6, 6.07) is 4.56. The molecule has 3 nitrogen and oxygen atoms in total. The van der Waals surface area contributed by atoms with Crippen LogP contribution in [0, 0.1) is 11.8 Å². The Labute approximate surface area is 127 Å². The lowest BCUT2D eigenvalue weighted by Crippen LogP contribution is -2.38. The van der Waals surface area contributed by atoms with Crippen molar-refractivity contribution < 1.29 is 18.0 Å². The molecule has 22 heavy (non-hydrogen) atoms. The molecule has 120 valence electrons. The highest BCUT2D eigenvalue weighted by Gasteiger charge is 2.40. The first-order chi connectivity index (χ1) is 10.4. The number of carbonyl (C=O) groups is 1. The summed E-state index contributed by atoms with van der Waals surface area (Å²) in [4.78, 5) is 14.2. The van der Waals surface area contributed by atoms with Crippen LogP contribution in [0.4, 0.5) is 13.2 Å². The van der Waals surface area contributed by atoms with Crippen molar-refractivity contribution >= 4 is 5.91 Å². The Morgan fingerprint density at radius 1 is 1.14 bits per heavy atom. The van der Waals surface area contributed by atoms with E-state index in [-0.39, 0.29) is 11.9 Å². The Morgan fingerprint density at radius 2 is 1.82 bits per heavy atom. The number of hydrogen-bond acceptors (Lipinski definition) is 2. The molecule has 1 heterocycles. The standard InChI is InChI=1S/C16H19F3N2O/c17-16(18,19)12-6-4-10(5-7-12)15(22)21-8-11-2-1-3-14(20)13(11)9-21/h4-7,11,13-14H,1-3,8-9,20H2. The zero-order chi connectivity index (χ0) is 15.9. The monoisotopic (exact) mass is 312 g/mol. The highest BCUT2D eigenvalue weighted by Crippen LogP contribution is 2.36. The van der Waals surface area contributed by atoms with Crippen LogP contribution in [-0.2, 0) is 6.18 Å². The molecule has 0 radical (unpaired) electrons. The van der Waals surface area contributed by atoms with E-state index in [0.717, 1.165) is 31.4 Å². The van der Waals surface area contributed by atoms with Crippen LogP contribution in [0.2, 0.25) is 0 Å². The number of alkyl halides is 3. The molecule has 0 bridgehead atoms. The van der Waals surface area contributed by atoms with Gasteiger partial charge in [-0.1, -0.05) is 6.42 Å². The molecule has 1 saturated heterocycles. The number of halogens is 3. The third kappa shape index (κ3) is 2.84. The molecular weight excluding hydrogens is 293 g/mol. The summed E-state index contributed by atoms with van der Waals surface area (Å²) in [6.07, 6.45) is -1.22. The first kappa shape index (κ1) is 15.3. The third-order valence-corrected chi connectivity index (χ3v) is 4.90. The van der Waals surface area contributed by atoms with Crippen LogP contribution in [0.3, 0.4) is 0 Å². The van der Waals surface area contributed by atoms with E-state index >= 15 is 0 Å². The summed E-state index contributed by atoms with van der Waals surface area (Å²) < 4.78 is 37.7. The molecule has 2 N–H and O–H groups in total. The van der Waals surface area contributed by atoms with Gasteiger partial charge >= 0.3 is 6.18 Å². The van der Waals surface area contributed by atoms with Crippen molar-refractivity contribution in [3.8, 4) is 0 Å². The minimum absolute atomic E-state index is 0.129. The van der Waals surface area contributed by atoms with E-state index in [1.165, 1.54) is 12.1 Å². The Balaban J connectivity index is 1.72. The van der Waals surface area contributed by atoms with Crippen LogP contribution < -0.4 is 5.73 Å². The number of hydrogen-bond donors (Lipinski definition) is 1. The van der Waals surface area contributed by atoms with Gasteiger partial charge in [-0.05, 0) is 48.9 Å². The lowest BCUT2D eigenvalue weighted by atomic mass is 9.78. The Bertz CT molecular complexity index is 556. The van der Waals surface area contributed by atoms with Gasteiger partial charge in [0.2, 0.25) is 0 Å². The predicted molar refractivity (Wildman–Crippen MR) is 76.2 cm³/mol. The van der Waals surface area contributed by atoms with Gasteiger partial charge in [-0.3, -0.25) is 4.79 Å². The second kappa shape index (κ2) is 5.57. The van der Waals surface area contributed by atoms with E-state index in [0.29, 0.717) is 30.5 Å². The molecule has 2 fully saturated rings. The first-order valence-corrected chi connectivity index (χ1v) is 7.58. The molecule has 3 rings (SSSR count). The fourth-order valence-electron chi connectivity index (χ4n) is 3.67. The van der Waals surface area contributed by atoms with Crippen molar-refractivity contribution in [2.45, 2.75) is 31.5 Å². The zero-order valence-corrected chi connectivity index (χ0v) is 12.1. The van der Waals surface area contributed by atoms with Crippen molar-refractivity contribution in [2.24, 2.45) is 17.6 Å². The number of likely N-dealkylation sites (tertiary alicyclic amines) is 1. The number of benzene rings is 1. The van der Waals surface area contributed by atoms with E-state index in [4.69, 9.17) is 5.73 Å². The van der Waals surface area contributed by atoms with Crippen molar-refractivity contribution in [3.63, 3.8) is 0 Å². The molecule has 3 unspecified atom stereocenters. The van der Waals surface area contributed by atoms with E-state index in [1.54, 1.807) is 4.90 Å². The van der Waals surface area contributed by atoms with Gasteiger partial charge in [-0.15, -0.1) is 0 Å². The fraction of sp³-hybridized carbons (Fsp3) is 0.562. The summed E-state index contributed by atoms with van der Waals surface area (Å²) >= 11 is 0. The second-order valence-electron chi connectivity index (χ2n) is 6.30. The van der Waals surface area contributed by atoms with Gasteiger partial charge in [0.15, 0.2) is 0 Å². The molecule has 2 aliphatic rings. The van der Waals surface area contributed by atoms with Crippen molar-refractivity contribution in [3.05, 3.63) is 35.4 Å². The van der Waals surface area contributed by atoms with E-state index in [2.05, 4.69) is 0 Å². The van der Waals surface area contributed by atoms with Gasteiger partial charge in [-0.25, -0.2) is 0 Å². The highest BCUT2D eigenvalue weighted by molar-refractivity contribution is 5.94. The van der Waals surface area contributed by atoms with E-state index in [9.17, 15) is 18.0 Å². The second-order valence-corrected chi connectivity index (χ2v) is 6.30. The quantitative estimate of drug-likeness (QED) is 0.866. The van der Waals surface area contributed by atoms with Crippen molar-refractivity contribution in [2.75, 3.05) is 13.1 Å². The fourth-order valence-corrected chi connectivity index (χ4v) is 3.67. The Hall–Kier alpha value is -1.56. The Morgan fingerprint density at radius 3 is 2.41 bits per heavy atom.